The summed E-state index contributed by atoms with van der Waals surface area (Å²) in [7, 11) is -3.40. The summed E-state index contributed by atoms with van der Waals surface area (Å²) in [5, 5.41) is 0.145. The number of morpholine rings is 1. The number of aromatic nitrogens is 1. The Morgan fingerprint density at radius 2 is 2.00 bits per heavy atom. The van der Waals surface area contributed by atoms with Crippen LogP contribution in [0.1, 0.15) is 40.5 Å². The third-order valence-corrected chi connectivity index (χ3v) is 7.31. The highest BCUT2D eigenvalue weighted by Gasteiger charge is 2.45. The minimum absolute atomic E-state index is 0.0889. The van der Waals surface area contributed by atoms with Gasteiger partial charge in [-0.1, -0.05) is 0 Å². The van der Waals surface area contributed by atoms with Crippen LogP contribution in [0.25, 0.3) is 0 Å². The molecule has 1 aromatic heterocycles. The Hall–Kier alpha value is -1.14. The van der Waals surface area contributed by atoms with E-state index in [0.29, 0.717) is 12.5 Å². The van der Waals surface area contributed by atoms with Gasteiger partial charge in [-0.3, -0.25) is 0 Å². The molecule has 2 heterocycles. The molecule has 1 atom stereocenters. The van der Waals surface area contributed by atoms with E-state index in [1.807, 2.05) is 6.07 Å². The maximum atomic E-state index is 12.4. The van der Waals surface area contributed by atoms with Crippen molar-refractivity contribution in [3.8, 4) is 0 Å². The van der Waals surface area contributed by atoms with E-state index in [2.05, 4.69) is 16.8 Å². The average molecular weight is 338 g/mol. The van der Waals surface area contributed by atoms with Gasteiger partial charge in [-0.15, -0.1) is 0 Å². The second-order valence-corrected chi connectivity index (χ2v) is 10.5. The Bertz CT molecular complexity index is 675. The predicted octanol–water partition coefficient (Wildman–Crippen LogP) is 2.66. The summed E-state index contributed by atoms with van der Waals surface area (Å²) in [6, 6.07) is 3.49. The lowest BCUT2D eigenvalue weighted by atomic mass is 9.97. The fourth-order valence-electron chi connectivity index (χ4n) is 3.09. The monoisotopic (exact) mass is 338 g/mol. The predicted molar refractivity (Wildman–Crippen MR) is 90.5 cm³/mol. The van der Waals surface area contributed by atoms with E-state index in [1.54, 1.807) is 33.0 Å². The van der Waals surface area contributed by atoms with Crippen LogP contribution in [-0.2, 0) is 14.6 Å². The van der Waals surface area contributed by atoms with Crippen molar-refractivity contribution in [2.75, 3.05) is 24.6 Å². The summed E-state index contributed by atoms with van der Waals surface area (Å²) in [4.78, 5) is 6.48. The van der Waals surface area contributed by atoms with Crippen molar-refractivity contribution in [3.05, 3.63) is 18.3 Å². The lowest BCUT2D eigenvalue weighted by Crippen LogP contribution is -2.51. The SMILES string of the molecule is CC1(C2CC2)CN(c2ccc(S(=O)(=O)C(C)(C)C)nc2)CCO1. The third kappa shape index (κ3) is 3.11. The first-order valence-corrected chi connectivity index (χ1v) is 9.71. The molecule has 2 aliphatic rings. The van der Waals surface area contributed by atoms with Gasteiger partial charge in [0.05, 0.1) is 28.8 Å². The molecule has 2 fully saturated rings. The lowest BCUT2D eigenvalue weighted by Gasteiger charge is -2.42. The van der Waals surface area contributed by atoms with Gasteiger partial charge in [0.2, 0.25) is 0 Å². The second kappa shape index (κ2) is 5.45. The molecule has 1 saturated heterocycles. The van der Waals surface area contributed by atoms with Gasteiger partial charge in [-0.2, -0.15) is 0 Å². The van der Waals surface area contributed by atoms with Gasteiger partial charge in [0.15, 0.2) is 14.9 Å². The number of rotatable bonds is 3. The van der Waals surface area contributed by atoms with Crippen LogP contribution in [0.2, 0.25) is 0 Å². The van der Waals surface area contributed by atoms with Gasteiger partial charge in [0, 0.05) is 13.1 Å². The van der Waals surface area contributed by atoms with Crippen LogP contribution in [0.15, 0.2) is 23.4 Å². The normalized spacial score (nSPS) is 26.3. The summed E-state index contributed by atoms with van der Waals surface area (Å²) in [6.07, 6.45) is 4.16. The fourth-order valence-corrected chi connectivity index (χ4v) is 4.15. The summed E-state index contributed by atoms with van der Waals surface area (Å²) < 4.78 is 30.1. The summed E-state index contributed by atoms with van der Waals surface area (Å²) in [5.74, 6) is 0.652. The van der Waals surface area contributed by atoms with Crippen molar-refractivity contribution in [2.24, 2.45) is 5.92 Å². The van der Waals surface area contributed by atoms with Gasteiger partial charge in [0.1, 0.15) is 0 Å². The van der Waals surface area contributed by atoms with Crippen LogP contribution < -0.4 is 4.90 Å². The first kappa shape index (κ1) is 16.7. The number of pyridine rings is 1. The Morgan fingerprint density at radius 3 is 2.52 bits per heavy atom. The van der Waals surface area contributed by atoms with E-state index >= 15 is 0 Å². The van der Waals surface area contributed by atoms with Crippen LogP contribution in [-0.4, -0.2) is 43.4 Å². The zero-order valence-corrected chi connectivity index (χ0v) is 15.2. The van der Waals surface area contributed by atoms with Crippen LogP contribution in [0.3, 0.4) is 0 Å². The highest BCUT2D eigenvalue weighted by Crippen LogP contribution is 2.43. The van der Waals surface area contributed by atoms with Gasteiger partial charge >= 0.3 is 0 Å². The molecule has 5 nitrogen and oxygen atoms in total. The molecule has 0 radical (unpaired) electrons. The molecule has 128 valence electrons. The molecule has 0 amide bonds. The molecular formula is C17H26N2O3S. The molecule has 23 heavy (non-hydrogen) atoms. The molecule has 1 unspecified atom stereocenters. The van der Waals surface area contributed by atoms with Crippen molar-refractivity contribution >= 4 is 15.5 Å². The van der Waals surface area contributed by atoms with Crippen molar-refractivity contribution in [1.82, 2.24) is 4.98 Å². The maximum absolute atomic E-state index is 12.4. The summed E-state index contributed by atoms with van der Waals surface area (Å²) in [5.41, 5.74) is 0.877. The Balaban J connectivity index is 1.80. The molecule has 1 aromatic rings. The highest BCUT2D eigenvalue weighted by molar-refractivity contribution is 7.92. The van der Waals surface area contributed by atoms with E-state index in [9.17, 15) is 8.42 Å². The number of nitrogens with zero attached hydrogens (tertiary/aromatic N) is 2. The molecule has 0 N–H and O–H groups in total. The number of ether oxygens (including phenoxy) is 1. The van der Waals surface area contributed by atoms with Gasteiger partial charge in [-0.05, 0) is 58.6 Å². The van der Waals surface area contributed by atoms with E-state index in [0.717, 1.165) is 18.8 Å². The molecule has 1 aliphatic heterocycles. The number of hydrogen-bond donors (Lipinski definition) is 0. The van der Waals surface area contributed by atoms with E-state index in [1.165, 1.54) is 12.8 Å². The zero-order chi connectivity index (χ0) is 16.9. The van der Waals surface area contributed by atoms with Crippen molar-refractivity contribution in [2.45, 2.75) is 55.9 Å². The Morgan fingerprint density at radius 1 is 1.30 bits per heavy atom. The smallest absolute Gasteiger partial charge is 0.200 e. The van der Waals surface area contributed by atoms with E-state index < -0.39 is 14.6 Å². The van der Waals surface area contributed by atoms with Crippen LogP contribution in [0.4, 0.5) is 5.69 Å². The fraction of sp³-hybridized carbons (Fsp3) is 0.706. The summed E-state index contributed by atoms with van der Waals surface area (Å²) in [6.45, 7) is 9.63. The molecular weight excluding hydrogens is 312 g/mol. The van der Waals surface area contributed by atoms with E-state index in [4.69, 9.17) is 4.74 Å². The van der Waals surface area contributed by atoms with Crippen molar-refractivity contribution in [1.29, 1.82) is 0 Å². The number of anilines is 1. The molecule has 0 aromatic carbocycles. The maximum Gasteiger partial charge on any atom is 0.200 e. The number of hydrogen-bond acceptors (Lipinski definition) is 5. The third-order valence-electron chi connectivity index (χ3n) is 4.91. The number of sulfone groups is 1. The van der Waals surface area contributed by atoms with Gasteiger partial charge in [-0.25, -0.2) is 13.4 Å². The molecule has 0 spiro atoms. The lowest BCUT2D eigenvalue weighted by molar-refractivity contribution is -0.0575. The van der Waals surface area contributed by atoms with Crippen molar-refractivity contribution in [3.63, 3.8) is 0 Å². The largest absolute Gasteiger partial charge is 0.371 e. The first-order valence-electron chi connectivity index (χ1n) is 8.23. The van der Waals surface area contributed by atoms with Crippen LogP contribution in [0.5, 0.6) is 0 Å². The quantitative estimate of drug-likeness (QED) is 0.848. The Labute approximate surface area is 139 Å². The topological polar surface area (TPSA) is 59.5 Å². The second-order valence-electron chi connectivity index (χ2n) is 7.83. The minimum atomic E-state index is -3.40. The first-order chi connectivity index (χ1) is 10.6. The zero-order valence-electron chi connectivity index (χ0n) is 14.4. The minimum Gasteiger partial charge on any atom is -0.371 e. The molecule has 6 heteroatoms. The molecule has 1 aliphatic carbocycles. The Kier molecular flexibility index (Phi) is 3.96. The average Bonchev–Trinajstić information content (AvgIpc) is 3.31. The van der Waals surface area contributed by atoms with Crippen LogP contribution >= 0.6 is 0 Å². The molecule has 0 bridgehead atoms. The van der Waals surface area contributed by atoms with Gasteiger partial charge in [0.25, 0.3) is 0 Å². The van der Waals surface area contributed by atoms with E-state index in [-0.39, 0.29) is 10.6 Å². The van der Waals surface area contributed by atoms with Crippen molar-refractivity contribution < 1.29 is 13.2 Å². The summed E-state index contributed by atoms with van der Waals surface area (Å²) >= 11 is 0. The standard InChI is InChI=1S/C17H26N2O3S/c1-16(2,3)23(20,21)15-8-7-14(11-18-15)19-9-10-22-17(4,12-19)13-5-6-13/h7-8,11,13H,5-6,9-10,12H2,1-4H3. The van der Waals surface area contributed by atoms with Crippen LogP contribution in [0, 0.1) is 5.92 Å². The molecule has 3 rings (SSSR count). The molecule has 1 saturated carbocycles. The highest BCUT2D eigenvalue weighted by atomic mass is 32.2. The van der Waals surface area contributed by atoms with Gasteiger partial charge < -0.3 is 9.64 Å².